The van der Waals surface area contributed by atoms with Crippen molar-refractivity contribution in [3.8, 4) is 0 Å². The summed E-state index contributed by atoms with van der Waals surface area (Å²) >= 11 is 0. The first-order valence-corrected chi connectivity index (χ1v) is 15.2. The van der Waals surface area contributed by atoms with Crippen LogP contribution in [0.15, 0.2) is 0 Å². The van der Waals surface area contributed by atoms with E-state index in [2.05, 4.69) is 62.3 Å². The molecule has 0 fully saturated rings. The first-order chi connectivity index (χ1) is 15.2. The van der Waals surface area contributed by atoms with Crippen LogP contribution in [-0.2, 0) is 0 Å². The van der Waals surface area contributed by atoms with Gasteiger partial charge in [0.15, 0.2) is 0 Å². The molecular formula is C32H66. The van der Waals surface area contributed by atoms with Gasteiger partial charge in [-0.1, -0.05) is 139 Å². The van der Waals surface area contributed by atoms with Gasteiger partial charge in [0.25, 0.3) is 0 Å². The van der Waals surface area contributed by atoms with Gasteiger partial charge in [-0.15, -0.1) is 0 Å². The second kappa shape index (κ2) is 18.3. The van der Waals surface area contributed by atoms with Crippen molar-refractivity contribution in [1.29, 1.82) is 0 Å². The molecular weight excluding hydrogens is 384 g/mol. The van der Waals surface area contributed by atoms with Crippen LogP contribution in [0.5, 0.6) is 0 Å². The highest BCUT2D eigenvalue weighted by molar-refractivity contribution is 4.86. The maximum Gasteiger partial charge on any atom is -0.0295 e. The average Bonchev–Trinajstić information content (AvgIpc) is 2.80. The van der Waals surface area contributed by atoms with Crippen LogP contribution in [0, 0.1) is 28.6 Å². The zero-order chi connectivity index (χ0) is 24.5. The SMILES string of the molecule is CCCCC(CC)CC(CCCC(CC)CC)(CCC(CC)CCC)CCC(C)(C)CC. The topological polar surface area (TPSA) is 0 Å². The first-order valence-electron chi connectivity index (χ1n) is 15.2. The third-order valence-electron chi connectivity index (χ3n) is 9.39. The van der Waals surface area contributed by atoms with Crippen LogP contribution in [0.1, 0.15) is 178 Å². The van der Waals surface area contributed by atoms with Crippen molar-refractivity contribution in [2.75, 3.05) is 0 Å². The van der Waals surface area contributed by atoms with Crippen molar-refractivity contribution >= 4 is 0 Å². The van der Waals surface area contributed by atoms with Crippen molar-refractivity contribution in [3.05, 3.63) is 0 Å². The summed E-state index contributed by atoms with van der Waals surface area (Å²) in [5.41, 5.74) is 1.09. The molecule has 0 radical (unpaired) electrons. The molecule has 3 atom stereocenters. The van der Waals surface area contributed by atoms with E-state index in [4.69, 9.17) is 0 Å². The van der Waals surface area contributed by atoms with Gasteiger partial charge in [0, 0.05) is 0 Å². The van der Waals surface area contributed by atoms with Gasteiger partial charge in [-0.2, -0.15) is 0 Å². The van der Waals surface area contributed by atoms with E-state index in [1.165, 1.54) is 116 Å². The van der Waals surface area contributed by atoms with Crippen molar-refractivity contribution in [3.63, 3.8) is 0 Å². The van der Waals surface area contributed by atoms with Crippen molar-refractivity contribution in [1.82, 2.24) is 0 Å². The van der Waals surface area contributed by atoms with Crippen LogP contribution in [0.25, 0.3) is 0 Å². The normalized spacial score (nSPS) is 16.3. The molecule has 0 bridgehead atoms. The van der Waals surface area contributed by atoms with Gasteiger partial charge in [-0.25, -0.2) is 0 Å². The van der Waals surface area contributed by atoms with Crippen LogP contribution in [-0.4, -0.2) is 0 Å². The lowest BCUT2D eigenvalue weighted by Gasteiger charge is -2.41. The van der Waals surface area contributed by atoms with E-state index in [1.54, 1.807) is 0 Å². The molecule has 0 saturated carbocycles. The number of rotatable bonds is 22. The minimum absolute atomic E-state index is 0.499. The molecule has 32 heavy (non-hydrogen) atoms. The highest BCUT2D eigenvalue weighted by Gasteiger charge is 2.34. The van der Waals surface area contributed by atoms with Gasteiger partial charge in [-0.05, 0) is 67.1 Å². The maximum absolute atomic E-state index is 2.52. The average molecular weight is 451 g/mol. The number of hydrogen-bond donors (Lipinski definition) is 0. The molecule has 0 amide bonds. The molecule has 0 heteroatoms. The fourth-order valence-electron chi connectivity index (χ4n) is 5.95. The molecule has 194 valence electrons. The third-order valence-corrected chi connectivity index (χ3v) is 9.39. The second-order valence-corrected chi connectivity index (χ2v) is 12.3. The molecule has 0 aromatic rings. The van der Waals surface area contributed by atoms with E-state index in [-0.39, 0.29) is 0 Å². The molecule has 0 aliphatic rings. The number of unbranched alkanes of at least 4 members (excludes halogenated alkanes) is 1. The Kier molecular flexibility index (Phi) is 18.3. The fourth-order valence-corrected chi connectivity index (χ4v) is 5.95. The highest BCUT2D eigenvalue weighted by Crippen LogP contribution is 2.47. The standard InChI is InChI=1S/C32H66/c1-10-17-20-30(15-6)27-32(26-25-31(8,9)16-7,23-18-21-28(12-3)13-4)24-22-29(14-5)19-11-2/h28-30H,10-27H2,1-9H3. The predicted octanol–water partition coefficient (Wildman–Crippen LogP) is 12.0. The van der Waals surface area contributed by atoms with Gasteiger partial charge < -0.3 is 0 Å². The quantitative estimate of drug-likeness (QED) is 0.154. The highest BCUT2D eigenvalue weighted by atomic mass is 14.4. The molecule has 3 unspecified atom stereocenters. The molecule has 0 rings (SSSR count). The minimum Gasteiger partial charge on any atom is -0.0654 e. The van der Waals surface area contributed by atoms with Crippen LogP contribution in [0.3, 0.4) is 0 Å². The number of hydrogen-bond acceptors (Lipinski definition) is 0. The molecule has 0 aromatic heterocycles. The Bertz CT molecular complexity index is 404. The summed E-state index contributed by atoms with van der Waals surface area (Å²) in [6, 6.07) is 0. The summed E-state index contributed by atoms with van der Waals surface area (Å²) in [7, 11) is 0. The van der Waals surface area contributed by atoms with E-state index in [9.17, 15) is 0 Å². The van der Waals surface area contributed by atoms with Gasteiger partial charge >= 0.3 is 0 Å². The van der Waals surface area contributed by atoms with Crippen LogP contribution >= 0.6 is 0 Å². The Balaban J connectivity index is 5.67. The maximum atomic E-state index is 2.52. The van der Waals surface area contributed by atoms with E-state index in [0.29, 0.717) is 10.8 Å². The molecule has 0 heterocycles. The van der Waals surface area contributed by atoms with Crippen LogP contribution in [0.2, 0.25) is 0 Å². The molecule has 0 aliphatic carbocycles. The summed E-state index contributed by atoms with van der Waals surface area (Å²) in [6.45, 7) is 21.9. The van der Waals surface area contributed by atoms with Crippen LogP contribution in [0.4, 0.5) is 0 Å². The molecule has 0 aromatic carbocycles. The zero-order valence-electron chi connectivity index (χ0n) is 24.5. The smallest absolute Gasteiger partial charge is 0.0295 e. The predicted molar refractivity (Wildman–Crippen MR) is 150 cm³/mol. The van der Waals surface area contributed by atoms with Crippen LogP contribution < -0.4 is 0 Å². The Morgan fingerprint density at radius 3 is 1.59 bits per heavy atom. The lowest BCUT2D eigenvalue weighted by atomic mass is 9.65. The first kappa shape index (κ1) is 32.0. The Hall–Kier alpha value is 0. The molecule has 0 N–H and O–H groups in total. The Labute approximate surface area is 206 Å². The summed E-state index contributed by atoms with van der Waals surface area (Å²) in [4.78, 5) is 0. The summed E-state index contributed by atoms with van der Waals surface area (Å²) < 4.78 is 0. The summed E-state index contributed by atoms with van der Waals surface area (Å²) in [5, 5.41) is 0. The molecule has 0 spiro atoms. The lowest BCUT2D eigenvalue weighted by Crippen LogP contribution is -2.28. The van der Waals surface area contributed by atoms with Gasteiger partial charge in [0.2, 0.25) is 0 Å². The Morgan fingerprint density at radius 2 is 1.09 bits per heavy atom. The fraction of sp³-hybridized carbons (Fsp3) is 1.00. The molecule has 0 aliphatic heterocycles. The Morgan fingerprint density at radius 1 is 0.500 bits per heavy atom. The lowest BCUT2D eigenvalue weighted by molar-refractivity contribution is 0.109. The summed E-state index contributed by atoms with van der Waals surface area (Å²) in [5.74, 6) is 2.85. The van der Waals surface area contributed by atoms with Gasteiger partial charge in [0.05, 0.1) is 0 Å². The minimum atomic E-state index is 0.499. The van der Waals surface area contributed by atoms with Gasteiger partial charge in [-0.3, -0.25) is 0 Å². The van der Waals surface area contributed by atoms with Crippen molar-refractivity contribution in [2.24, 2.45) is 28.6 Å². The van der Waals surface area contributed by atoms with E-state index in [1.807, 2.05) is 0 Å². The monoisotopic (exact) mass is 451 g/mol. The van der Waals surface area contributed by atoms with Crippen molar-refractivity contribution < 1.29 is 0 Å². The second-order valence-electron chi connectivity index (χ2n) is 12.3. The van der Waals surface area contributed by atoms with E-state index >= 15 is 0 Å². The van der Waals surface area contributed by atoms with Crippen molar-refractivity contribution in [2.45, 2.75) is 178 Å². The largest absolute Gasteiger partial charge is 0.0654 e. The third kappa shape index (κ3) is 13.6. The zero-order valence-corrected chi connectivity index (χ0v) is 24.5. The van der Waals surface area contributed by atoms with Gasteiger partial charge in [0.1, 0.15) is 0 Å². The van der Waals surface area contributed by atoms with E-state index in [0.717, 1.165) is 17.8 Å². The molecule has 0 saturated heterocycles. The molecule has 0 nitrogen and oxygen atoms in total. The summed E-state index contributed by atoms with van der Waals surface area (Å²) in [6.07, 6.45) is 25.7. The van der Waals surface area contributed by atoms with E-state index < -0.39 is 0 Å².